The lowest BCUT2D eigenvalue weighted by molar-refractivity contribution is -0.136. The van der Waals surface area contributed by atoms with Crippen LogP contribution in [0.3, 0.4) is 0 Å². The smallest absolute Gasteiger partial charge is 0.198 e. The van der Waals surface area contributed by atoms with E-state index in [1.165, 1.54) is 5.56 Å². The van der Waals surface area contributed by atoms with E-state index in [-0.39, 0.29) is 11.6 Å². The lowest BCUT2D eigenvalue weighted by Gasteiger charge is -2.02. The Morgan fingerprint density at radius 3 is 1.67 bits per heavy atom. The van der Waals surface area contributed by atoms with Gasteiger partial charge in [0.25, 0.3) is 0 Å². The summed E-state index contributed by atoms with van der Waals surface area (Å²) < 4.78 is 0. The van der Waals surface area contributed by atoms with Crippen molar-refractivity contribution in [1.82, 2.24) is 0 Å². The van der Waals surface area contributed by atoms with Crippen LogP contribution in [0.25, 0.3) is 0 Å². The predicted octanol–water partition coefficient (Wildman–Crippen LogP) is 3.78. The first-order valence-electron chi connectivity index (χ1n) is 7.39. The van der Waals surface area contributed by atoms with Crippen molar-refractivity contribution in [3.63, 3.8) is 0 Å². The van der Waals surface area contributed by atoms with Crippen LogP contribution in [0, 0.1) is 0 Å². The van der Waals surface area contributed by atoms with Crippen LogP contribution in [0.5, 0.6) is 0 Å². The number of benzene rings is 2. The van der Waals surface area contributed by atoms with Gasteiger partial charge in [-0.3, -0.25) is 9.59 Å². The third-order valence-electron chi connectivity index (χ3n) is 3.51. The zero-order valence-electron chi connectivity index (χ0n) is 12.1. The van der Waals surface area contributed by atoms with Crippen molar-refractivity contribution in [3.05, 3.63) is 71.8 Å². The Bertz CT molecular complexity index is 573. The largest absolute Gasteiger partial charge is 0.291 e. The van der Waals surface area contributed by atoms with Gasteiger partial charge < -0.3 is 0 Å². The van der Waals surface area contributed by atoms with Crippen molar-refractivity contribution in [2.45, 2.75) is 32.1 Å². The summed E-state index contributed by atoms with van der Waals surface area (Å²) in [4.78, 5) is 23.6. The summed E-state index contributed by atoms with van der Waals surface area (Å²) in [5.41, 5.74) is 2.31. The Balaban J connectivity index is 1.69. The first-order chi connectivity index (χ1) is 10.3. The topological polar surface area (TPSA) is 34.1 Å². The van der Waals surface area contributed by atoms with Crippen molar-refractivity contribution in [2.24, 2.45) is 0 Å². The Morgan fingerprint density at radius 2 is 1.10 bits per heavy atom. The van der Waals surface area contributed by atoms with Crippen LogP contribution in [-0.4, -0.2) is 11.6 Å². The van der Waals surface area contributed by atoms with E-state index < -0.39 is 0 Å². The summed E-state index contributed by atoms with van der Waals surface area (Å²) in [7, 11) is 0. The number of aryl methyl sites for hydroxylation is 2. The molecular weight excluding hydrogens is 260 g/mol. The maximum absolute atomic E-state index is 11.8. The lowest BCUT2D eigenvalue weighted by atomic mass is 10.0. The molecule has 0 fully saturated rings. The number of hydrogen-bond acceptors (Lipinski definition) is 2. The molecule has 0 saturated heterocycles. The van der Waals surface area contributed by atoms with Crippen LogP contribution in [0.15, 0.2) is 60.7 Å². The quantitative estimate of drug-likeness (QED) is 0.690. The SMILES string of the molecule is O=C(CCCc1ccccc1)C(=O)CCc1ccccc1. The zero-order chi connectivity index (χ0) is 14.9. The van der Waals surface area contributed by atoms with Crippen LogP contribution in [0.2, 0.25) is 0 Å². The Morgan fingerprint density at radius 1 is 0.619 bits per heavy atom. The lowest BCUT2D eigenvalue weighted by Crippen LogP contribution is -2.14. The Hall–Kier alpha value is -2.22. The fourth-order valence-electron chi connectivity index (χ4n) is 2.28. The monoisotopic (exact) mass is 280 g/mol. The zero-order valence-corrected chi connectivity index (χ0v) is 12.1. The number of carbonyl (C=O) groups excluding carboxylic acids is 2. The summed E-state index contributed by atoms with van der Waals surface area (Å²) in [6.45, 7) is 0. The highest BCUT2D eigenvalue weighted by atomic mass is 16.2. The van der Waals surface area contributed by atoms with Gasteiger partial charge in [-0.25, -0.2) is 0 Å². The molecule has 0 atom stereocenters. The highest BCUT2D eigenvalue weighted by Gasteiger charge is 2.13. The molecule has 2 heteroatoms. The van der Waals surface area contributed by atoms with Crippen LogP contribution in [-0.2, 0) is 22.4 Å². The van der Waals surface area contributed by atoms with E-state index in [0.29, 0.717) is 19.3 Å². The van der Waals surface area contributed by atoms with Crippen molar-refractivity contribution in [3.8, 4) is 0 Å². The van der Waals surface area contributed by atoms with E-state index in [4.69, 9.17) is 0 Å². The van der Waals surface area contributed by atoms with E-state index in [1.54, 1.807) is 0 Å². The van der Waals surface area contributed by atoms with E-state index in [2.05, 4.69) is 0 Å². The van der Waals surface area contributed by atoms with Crippen LogP contribution in [0.4, 0.5) is 0 Å². The van der Waals surface area contributed by atoms with Crippen LogP contribution >= 0.6 is 0 Å². The maximum atomic E-state index is 11.8. The van der Waals surface area contributed by atoms with Crippen molar-refractivity contribution >= 4 is 11.6 Å². The average Bonchev–Trinajstić information content (AvgIpc) is 2.54. The standard InChI is InChI=1S/C19H20O2/c20-18(13-7-12-16-8-3-1-4-9-16)19(21)15-14-17-10-5-2-6-11-17/h1-6,8-11H,7,12-15H2. The van der Waals surface area contributed by atoms with Gasteiger partial charge in [0.15, 0.2) is 11.6 Å². The number of ketones is 2. The average molecular weight is 280 g/mol. The van der Waals surface area contributed by atoms with Crippen molar-refractivity contribution < 1.29 is 9.59 Å². The molecule has 0 aromatic heterocycles. The minimum Gasteiger partial charge on any atom is -0.291 e. The molecule has 2 nitrogen and oxygen atoms in total. The van der Waals surface area contributed by atoms with Gasteiger partial charge in [0, 0.05) is 12.8 Å². The molecule has 2 aromatic carbocycles. The molecule has 0 aliphatic heterocycles. The predicted molar refractivity (Wildman–Crippen MR) is 84.2 cm³/mol. The van der Waals surface area contributed by atoms with Crippen LogP contribution in [0.1, 0.15) is 30.4 Å². The van der Waals surface area contributed by atoms with E-state index in [1.807, 2.05) is 60.7 Å². The van der Waals surface area contributed by atoms with Gasteiger partial charge >= 0.3 is 0 Å². The normalized spacial score (nSPS) is 10.3. The van der Waals surface area contributed by atoms with Gasteiger partial charge in [-0.2, -0.15) is 0 Å². The first kappa shape index (κ1) is 15.2. The molecule has 0 heterocycles. The highest BCUT2D eigenvalue weighted by molar-refractivity contribution is 6.37. The van der Waals surface area contributed by atoms with Crippen molar-refractivity contribution in [2.75, 3.05) is 0 Å². The fourth-order valence-corrected chi connectivity index (χ4v) is 2.28. The molecule has 0 unspecified atom stereocenters. The van der Waals surface area contributed by atoms with Crippen LogP contribution < -0.4 is 0 Å². The second kappa shape index (κ2) is 8.15. The minimum absolute atomic E-state index is 0.234. The van der Waals surface area contributed by atoms with Crippen molar-refractivity contribution in [1.29, 1.82) is 0 Å². The summed E-state index contributed by atoms with van der Waals surface area (Å²) >= 11 is 0. The second-order valence-corrected chi connectivity index (χ2v) is 5.17. The summed E-state index contributed by atoms with van der Waals surface area (Å²) in [5, 5.41) is 0. The Kier molecular flexibility index (Phi) is 5.89. The summed E-state index contributed by atoms with van der Waals surface area (Å²) in [5.74, 6) is -0.478. The summed E-state index contributed by atoms with van der Waals surface area (Å²) in [6.07, 6.45) is 2.89. The maximum Gasteiger partial charge on any atom is 0.198 e. The molecule has 2 rings (SSSR count). The number of rotatable bonds is 8. The second-order valence-electron chi connectivity index (χ2n) is 5.17. The fraction of sp³-hybridized carbons (Fsp3) is 0.263. The summed E-state index contributed by atoms with van der Waals surface area (Å²) in [6, 6.07) is 19.8. The molecule has 0 aliphatic rings. The third kappa shape index (κ3) is 5.35. The minimum atomic E-state index is -0.244. The molecule has 108 valence electrons. The van der Waals surface area contributed by atoms with Gasteiger partial charge in [0.05, 0.1) is 0 Å². The van der Waals surface area contributed by atoms with Gasteiger partial charge in [-0.1, -0.05) is 60.7 Å². The number of carbonyl (C=O) groups is 2. The Labute approximate surface area is 125 Å². The number of Topliss-reactive ketones (excluding diaryl/α,β-unsaturated/α-hetero) is 2. The molecule has 0 aliphatic carbocycles. The van der Waals surface area contributed by atoms with E-state index >= 15 is 0 Å². The first-order valence-corrected chi connectivity index (χ1v) is 7.39. The highest BCUT2D eigenvalue weighted by Crippen LogP contribution is 2.07. The molecule has 2 aromatic rings. The number of hydrogen-bond donors (Lipinski definition) is 0. The van der Waals surface area contributed by atoms with Gasteiger partial charge in [-0.05, 0) is 30.4 Å². The molecule has 0 saturated carbocycles. The molecule has 21 heavy (non-hydrogen) atoms. The molecule has 0 bridgehead atoms. The molecular formula is C19H20O2. The van der Waals surface area contributed by atoms with Gasteiger partial charge in [0.2, 0.25) is 0 Å². The third-order valence-corrected chi connectivity index (χ3v) is 3.51. The van der Waals surface area contributed by atoms with Gasteiger partial charge in [0.1, 0.15) is 0 Å². The molecule has 0 amide bonds. The van der Waals surface area contributed by atoms with E-state index in [0.717, 1.165) is 18.4 Å². The molecule has 0 N–H and O–H groups in total. The van der Waals surface area contributed by atoms with E-state index in [9.17, 15) is 9.59 Å². The molecule has 0 spiro atoms. The molecule has 0 radical (unpaired) electrons. The van der Waals surface area contributed by atoms with Gasteiger partial charge in [-0.15, -0.1) is 0 Å².